The molecule has 5 heteroatoms. The van der Waals surface area contributed by atoms with E-state index in [2.05, 4.69) is 5.10 Å². The zero-order valence-electron chi connectivity index (χ0n) is 10.1. The minimum atomic E-state index is -0.452. The number of ether oxygens (including phenoxy) is 1. The van der Waals surface area contributed by atoms with Gasteiger partial charge in [-0.05, 0) is 23.8 Å². The molecule has 2 rings (SSSR count). The van der Waals surface area contributed by atoms with Crippen LogP contribution < -0.4 is 4.74 Å². The molecule has 2 aromatic rings. The summed E-state index contributed by atoms with van der Waals surface area (Å²) in [5.74, 6) is -0.249. The Morgan fingerprint density at radius 2 is 2.22 bits per heavy atom. The van der Waals surface area contributed by atoms with Crippen LogP contribution in [0, 0.1) is 5.82 Å². The summed E-state index contributed by atoms with van der Waals surface area (Å²) in [7, 11) is 1.85. The third-order valence-corrected chi connectivity index (χ3v) is 2.72. The minimum Gasteiger partial charge on any atom is -0.490 e. The van der Waals surface area contributed by atoms with Crippen LogP contribution in [0.2, 0.25) is 0 Å². The molecule has 1 N–H and O–H groups in total. The average molecular weight is 250 g/mol. The number of halogens is 1. The topological polar surface area (TPSA) is 47.3 Å². The predicted molar refractivity (Wildman–Crippen MR) is 64.7 cm³/mol. The van der Waals surface area contributed by atoms with Crippen molar-refractivity contribution in [3.63, 3.8) is 0 Å². The van der Waals surface area contributed by atoms with Gasteiger partial charge in [0.25, 0.3) is 0 Å². The Labute approximate surface area is 105 Å². The van der Waals surface area contributed by atoms with Gasteiger partial charge in [-0.15, -0.1) is 0 Å². The summed E-state index contributed by atoms with van der Waals surface area (Å²) < 4.78 is 20.7. The molecule has 18 heavy (non-hydrogen) atoms. The van der Waals surface area contributed by atoms with Gasteiger partial charge in [0, 0.05) is 25.4 Å². The second-order valence-corrected chi connectivity index (χ2v) is 3.97. The van der Waals surface area contributed by atoms with Crippen molar-refractivity contribution in [3.8, 4) is 5.75 Å². The molecule has 0 atom stereocenters. The highest BCUT2D eigenvalue weighted by atomic mass is 19.1. The van der Waals surface area contributed by atoms with E-state index in [0.29, 0.717) is 18.6 Å². The van der Waals surface area contributed by atoms with E-state index in [4.69, 9.17) is 9.84 Å². The van der Waals surface area contributed by atoms with Crippen LogP contribution in [0.25, 0.3) is 0 Å². The molecule has 0 spiro atoms. The van der Waals surface area contributed by atoms with Crippen molar-refractivity contribution >= 4 is 0 Å². The first-order chi connectivity index (χ1) is 8.70. The SMILES string of the molecule is Cn1nccc1CCOc1ccc(CO)cc1F. The molecule has 0 bridgehead atoms. The second-order valence-electron chi connectivity index (χ2n) is 3.97. The maximum atomic E-state index is 13.5. The summed E-state index contributed by atoms with van der Waals surface area (Å²) in [6.45, 7) is 0.209. The summed E-state index contributed by atoms with van der Waals surface area (Å²) in [5.41, 5.74) is 1.56. The first-order valence-corrected chi connectivity index (χ1v) is 5.69. The molecule has 1 heterocycles. The zero-order valence-corrected chi connectivity index (χ0v) is 10.1. The van der Waals surface area contributed by atoms with Crippen LogP contribution in [-0.2, 0) is 20.1 Å². The summed E-state index contributed by atoms with van der Waals surface area (Å²) in [6, 6.07) is 6.35. The Bertz CT molecular complexity index is 525. The van der Waals surface area contributed by atoms with Crippen molar-refractivity contribution in [1.82, 2.24) is 9.78 Å². The lowest BCUT2D eigenvalue weighted by Crippen LogP contribution is -2.06. The lowest BCUT2D eigenvalue weighted by atomic mass is 10.2. The smallest absolute Gasteiger partial charge is 0.165 e. The largest absolute Gasteiger partial charge is 0.490 e. The van der Waals surface area contributed by atoms with Crippen LogP contribution in [-0.4, -0.2) is 21.5 Å². The van der Waals surface area contributed by atoms with E-state index in [9.17, 15) is 4.39 Å². The van der Waals surface area contributed by atoms with E-state index in [1.807, 2.05) is 13.1 Å². The van der Waals surface area contributed by atoms with Gasteiger partial charge in [-0.25, -0.2) is 4.39 Å². The van der Waals surface area contributed by atoms with E-state index in [1.165, 1.54) is 12.1 Å². The van der Waals surface area contributed by atoms with Crippen LogP contribution in [0.4, 0.5) is 4.39 Å². The number of nitrogens with zero attached hydrogens (tertiary/aromatic N) is 2. The van der Waals surface area contributed by atoms with Crippen molar-refractivity contribution in [2.75, 3.05) is 6.61 Å². The highest BCUT2D eigenvalue weighted by Crippen LogP contribution is 2.18. The Hall–Kier alpha value is -1.88. The molecule has 4 nitrogen and oxygen atoms in total. The second kappa shape index (κ2) is 5.64. The molecule has 1 aromatic carbocycles. The molecule has 1 aromatic heterocycles. The van der Waals surface area contributed by atoms with Gasteiger partial charge in [-0.2, -0.15) is 5.10 Å². The van der Waals surface area contributed by atoms with Crippen molar-refractivity contribution in [1.29, 1.82) is 0 Å². The quantitative estimate of drug-likeness (QED) is 0.878. The first-order valence-electron chi connectivity index (χ1n) is 5.69. The lowest BCUT2D eigenvalue weighted by Gasteiger charge is -2.08. The molecule has 0 aliphatic carbocycles. The minimum absolute atomic E-state index is 0.174. The number of aryl methyl sites for hydroxylation is 1. The highest BCUT2D eigenvalue weighted by molar-refractivity contribution is 5.29. The van der Waals surface area contributed by atoms with E-state index in [1.54, 1.807) is 16.9 Å². The van der Waals surface area contributed by atoms with Crippen molar-refractivity contribution in [2.45, 2.75) is 13.0 Å². The maximum absolute atomic E-state index is 13.5. The fourth-order valence-corrected chi connectivity index (χ4v) is 1.67. The van der Waals surface area contributed by atoms with Crippen LogP contribution in [0.5, 0.6) is 5.75 Å². The van der Waals surface area contributed by atoms with Crippen molar-refractivity contribution < 1.29 is 14.2 Å². The monoisotopic (exact) mass is 250 g/mol. The normalized spacial score (nSPS) is 10.6. The third kappa shape index (κ3) is 2.87. The van der Waals surface area contributed by atoms with Gasteiger partial charge in [0.15, 0.2) is 11.6 Å². The molecule has 0 aliphatic rings. The summed E-state index contributed by atoms with van der Waals surface area (Å²) >= 11 is 0. The molecule has 0 saturated heterocycles. The highest BCUT2D eigenvalue weighted by Gasteiger charge is 2.05. The van der Waals surface area contributed by atoms with E-state index >= 15 is 0 Å². The Kier molecular flexibility index (Phi) is 3.94. The molecule has 0 radical (unpaired) electrons. The molecule has 0 aliphatic heterocycles. The first kappa shape index (κ1) is 12.6. The van der Waals surface area contributed by atoms with Gasteiger partial charge in [0.1, 0.15) is 0 Å². The average Bonchev–Trinajstić information content (AvgIpc) is 2.77. The van der Waals surface area contributed by atoms with E-state index in [0.717, 1.165) is 5.69 Å². The fourth-order valence-electron chi connectivity index (χ4n) is 1.67. The lowest BCUT2D eigenvalue weighted by molar-refractivity contribution is 0.278. The number of hydrogen-bond donors (Lipinski definition) is 1. The molecule has 0 fully saturated rings. The molecule has 0 amide bonds. The molecule has 96 valence electrons. The van der Waals surface area contributed by atoms with E-state index < -0.39 is 5.82 Å². The Morgan fingerprint density at radius 1 is 1.39 bits per heavy atom. The van der Waals surface area contributed by atoms with Crippen LogP contribution >= 0.6 is 0 Å². The molecular formula is C13H15FN2O2. The molecular weight excluding hydrogens is 235 g/mol. The number of rotatable bonds is 5. The van der Waals surface area contributed by atoms with Crippen LogP contribution in [0.1, 0.15) is 11.3 Å². The third-order valence-electron chi connectivity index (χ3n) is 2.72. The predicted octanol–water partition coefficient (Wildman–Crippen LogP) is 1.67. The van der Waals surface area contributed by atoms with Gasteiger partial charge < -0.3 is 9.84 Å². The number of aliphatic hydroxyl groups excluding tert-OH is 1. The van der Waals surface area contributed by atoms with E-state index in [-0.39, 0.29) is 12.4 Å². The zero-order chi connectivity index (χ0) is 13.0. The summed E-state index contributed by atoms with van der Waals surface area (Å²) in [5, 5.41) is 12.9. The molecule has 0 saturated carbocycles. The Balaban J connectivity index is 1.92. The summed E-state index contributed by atoms with van der Waals surface area (Å²) in [4.78, 5) is 0. The number of aromatic nitrogens is 2. The summed E-state index contributed by atoms with van der Waals surface area (Å²) in [6.07, 6.45) is 2.38. The molecule has 0 unspecified atom stereocenters. The maximum Gasteiger partial charge on any atom is 0.165 e. The van der Waals surface area contributed by atoms with Gasteiger partial charge in [-0.1, -0.05) is 6.07 Å². The number of aliphatic hydroxyl groups is 1. The number of hydrogen-bond acceptors (Lipinski definition) is 3. The van der Waals surface area contributed by atoms with Crippen molar-refractivity contribution in [2.24, 2.45) is 7.05 Å². The Morgan fingerprint density at radius 3 is 2.83 bits per heavy atom. The van der Waals surface area contributed by atoms with Crippen LogP contribution in [0.15, 0.2) is 30.5 Å². The van der Waals surface area contributed by atoms with Gasteiger partial charge in [0.2, 0.25) is 0 Å². The fraction of sp³-hybridized carbons (Fsp3) is 0.308. The van der Waals surface area contributed by atoms with Crippen LogP contribution in [0.3, 0.4) is 0 Å². The van der Waals surface area contributed by atoms with Gasteiger partial charge in [-0.3, -0.25) is 4.68 Å². The van der Waals surface area contributed by atoms with Gasteiger partial charge in [0.05, 0.1) is 13.2 Å². The van der Waals surface area contributed by atoms with Gasteiger partial charge >= 0.3 is 0 Å². The standard InChI is InChI=1S/C13H15FN2O2/c1-16-11(4-6-15-16)5-7-18-13-3-2-10(9-17)8-12(13)14/h2-4,6,8,17H,5,7,9H2,1H3. The number of benzene rings is 1. The van der Waals surface area contributed by atoms with Crippen molar-refractivity contribution in [3.05, 3.63) is 47.5 Å².